The van der Waals surface area contributed by atoms with Crippen LogP contribution < -0.4 is 15.7 Å². The lowest BCUT2D eigenvalue weighted by atomic mass is 10.1. The molecule has 0 spiro atoms. The first kappa shape index (κ1) is 26.4. The molecule has 35 heavy (non-hydrogen) atoms. The molecule has 0 aliphatic rings. The minimum Gasteiger partial charge on any atom is -0.412 e. The highest BCUT2D eigenvalue weighted by atomic mass is 35.5. The van der Waals surface area contributed by atoms with Gasteiger partial charge in [0.25, 0.3) is 5.56 Å². The van der Waals surface area contributed by atoms with Gasteiger partial charge in [-0.05, 0) is 36.4 Å². The summed E-state index contributed by atoms with van der Waals surface area (Å²) in [5, 5.41) is 13.0. The molecule has 9 nitrogen and oxygen atoms in total. The first-order chi connectivity index (χ1) is 16.2. The Morgan fingerprint density at radius 3 is 2.46 bits per heavy atom. The van der Waals surface area contributed by atoms with Crippen LogP contribution in [-0.4, -0.2) is 47.7 Å². The number of benzene rings is 2. The van der Waals surface area contributed by atoms with Gasteiger partial charge in [0.2, 0.25) is 5.95 Å². The van der Waals surface area contributed by atoms with E-state index in [2.05, 4.69) is 15.3 Å². The van der Waals surface area contributed by atoms with Crippen LogP contribution in [0, 0.1) is 0 Å². The fourth-order valence-electron chi connectivity index (χ4n) is 3.37. The van der Waals surface area contributed by atoms with E-state index in [1.165, 1.54) is 25.4 Å². The SMILES string of the molecule is C.COn1c(=O)c(-c2c(Cl)cccc2Cl)cc2cnc(Nc3cccc(S(=O)(=O)CCO)c3)nc21. The molecule has 12 heteroatoms. The number of aliphatic hydroxyl groups excluding tert-OH is 1. The molecule has 4 aromatic rings. The van der Waals surface area contributed by atoms with Crippen LogP contribution in [0.25, 0.3) is 22.2 Å². The van der Waals surface area contributed by atoms with Crippen molar-refractivity contribution >= 4 is 55.7 Å². The largest absolute Gasteiger partial charge is 0.412 e. The van der Waals surface area contributed by atoms with E-state index in [0.717, 1.165) is 4.73 Å². The van der Waals surface area contributed by atoms with E-state index in [0.29, 0.717) is 26.7 Å². The Morgan fingerprint density at radius 2 is 1.80 bits per heavy atom. The van der Waals surface area contributed by atoms with Crippen molar-refractivity contribution in [1.82, 2.24) is 14.7 Å². The highest BCUT2D eigenvalue weighted by molar-refractivity contribution is 7.91. The number of hydrogen-bond donors (Lipinski definition) is 2. The summed E-state index contributed by atoms with van der Waals surface area (Å²) < 4.78 is 25.5. The van der Waals surface area contributed by atoms with Crippen LogP contribution in [0.1, 0.15) is 7.43 Å². The minimum absolute atomic E-state index is 0. The topological polar surface area (TPSA) is 123 Å². The standard InChI is InChI=1S/C22H18Cl2N4O5S.CH4/c1-33-28-20-13(10-16(21(28)30)19-17(23)6-3-7-18(19)24)12-25-22(27-20)26-14-4-2-5-15(11-14)34(31,32)9-8-29;/h2-7,10-12,29H,8-9H2,1H3,(H,25,26,27);1H4. The van der Waals surface area contributed by atoms with Crippen LogP contribution in [0.5, 0.6) is 0 Å². The monoisotopic (exact) mass is 536 g/mol. The lowest BCUT2D eigenvalue weighted by Crippen LogP contribution is -2.27. The lowest BCUT2D eigenvalue weighted by Gasteiger charge is -2.13. The second-order valence-electron chi connectivity index (χ2n) is 7.10. The van der Waals surface area contributed by atoms with Gasteiger partial charge in [0.15, 0.2) is 15.5 Å². The van der Waals surface area contributed by atoms with E-state index in [-0.39, 0.29) is 35.2 Å². The second-order valence-corrected chi connectivity index (χ2v) is 10.0. The van der Waals surface area contributed by atoms with Gasteiger partial charge in [0.05, 0.1) is 32.9 Å². The molecule has 2 N–H and O–H groups in total. The highest BCUT2D eigenvalue weighted by Crippen LogP contribution is 2.33. The average Bonchev–Trinajstić information content (AvgIpc) is 2.80. The summed E-state index contributed by atoms with van der Waals surface area (Å²) in [5.41, 5.74) is 0.652. The number of nitrogens with zero attached hydrogens (tertiary/aromatic N) is 3. The molecule has 184 valence electrons. The first-order valence-electron chi connectivity index (χ1n) is 9.87. The maximum atomic E-state index is 13.2. The van der Waals surface area contributed by atoms with Gasteiger partial charge in [0.1, 0.15) is 7.11 Å². The zero-order chi connectivity index (χ0) is 24.5. The Labute approximate surface area is 211 Å². The fraction of sp³-hybridized carbons (Fsp3) is 0.174. The molecule has 2 aromatic carbocycles. The van der Waals surface area contributed by atoms with Crippen LogP contribution in [0.4, 0.5) is 11.6 Å². The third-order valence-corrected chi connectivity index (χ3v) is 7.25. The average molecular weight is 537 g/mol. The van der Waals surface area contributed by atoms with Crippen LogP contribution in [-0.2, 0) is 9.84 Å². The van der Waals surface area contributed by atoms with E-state index in [9.17, 15) is 13.2 Å². The lowest BCUT2D eigenvalue weighted by molar-refractivity contribution is 0.168. The van der Waals surface area contributed by atoms with Gasteiger partial charge in [-0.15, -0.1) is 4.73 Å². The molecule has 0 fully saturated rings. The zero-order valence-corrected chi connectivity index (χ0v) is 20.0. The number of aliphatic hydroxyl groups is 1. The Kier molecular flexibility index (Phi) is 8.01. The highest BCUT2D eigenvalue weighted by Gasteiger charge is 2.19. The Hall–Kier alpha value is -3.18. The minimum atomic E-state index is -3.63. The number of pyridine rings is 1. The van der Waals surface area contributed by atoms with E-state index < -0.39 is 22.0 Å². The zero-order valence-electron chi connectivity index (χ0n) is 17.7. The number of hydrogen-bond acceptors (Lipinski definition) is 8. The van der Waals surface area contributed by atoms with Gasteiger partial charge < -0.3 is 15.3 Å². The van der Waals surface area contributed by atoms with Crippen LogP contribution in [0.15, 0.2) is 64.4 Å². The van der Waals surface area contributed by atoms with Gasteiger partial charge in [-0.1, -0.05) is 42.8 Å². The number of fused-ring (bicyclic) bond motifs is 1. The summed E-state index contributed by atoms with van der Waals surface area (Å²) >= 11 is 12.6. The van der Waals surface area contributed by atoms with Crippen molar-refractivity contribution < 1.29 is 18.4 Å². The molecular weight excluding hydrogens is 515 g/mol. The van der Waals surface area contributed by atoms with Crippen LogP contribution >= 0.6 is 23.2 Å². The van der Waals surface area contributed by atoms with Crippen molar-refractivity contribution in [3.8, 4) is 11.1 Å². The molecule has 0 saturated carbocycles. The molecule has 0 aliphatic carbocycles. The van der Waals surface area contributed by atoms with E-state index >= 15 is 0 Å². The summed E-state index contributed by atoms with van der Waals surface area (Å²) in [6.45, 7) is -0.482. The van der Waals surface area contributed by atoms with Gasteiger partial charge in [-0.2, -0.15) is 4.98 Å². The number of sulfone groups is 1. The Bertz CT molecular complexity index is 1540. The molecule has 0 bridgehead atoms. The molecule has 0 saturated heterocycles. The molecular formula is C23H22Cl2N4O5S. The maximum Gasteiger partial charge on any atom is 0.293 e. The van der Waals surface area contributed by atoms with E-state index in [1.54, 1.807) is 36.4 Å². The first-order valence-corrected chi connectivity index (χ1v) is 12.3. The molecule has 0 aliphatic heterocycles. The van der Waals surface area contributed by atoms with E-state index in [4.69, 9.17) is 33.1 Å². The van der Waals surface area contributed by atoms with Gasteiger partial charge in [-0.3, -0.25) is 4.79 Å². The molecule has 0 unspecified atom stereocenters. The van der Waals surface area contributed by atoms with Gasteiger partial charge >= 0.3 is 0 Å². The number of nitrogens with one attached hydrogen (secondary N) is 1. The predicted octanol–water partition coefficient (Wildman–Crippen LogP) is 3.97. The van der Waals surface area contributed by atoms with Crippen molar-refractivity contribution in [2.45, 2.75) is 12.3 Å². The molecule has 0 amide bonds. The Morgan fingerprint density at radius 1 is 1.11 bits per heavy atom. The maximum absolute atomic E-state index is 13.2. The predicted molar refractivity (Wildman–Crippen MR) is 137 cm³/mol. The number of halogens is 2. The number of anilines is 2. The smallest absolute Gasteiger partial charge is 0.293 e. The van der Waals surface area contributed by atoms with Crippen molar-refractivity contribution in [3.05, 3.63) is 75.1 Å². The van der Waals surface area contributed by atoms with Crippen molar-refractivity contribution in [1.29, 1.82) is 0 Å². The van der Waals surface area contributed by atoms with E-state index in [1.807, 2.05) is 0 Å². The van der Waals surface area contributed by atoms with Crippen LogP contribution in [0.3, 0.4) is 0 Å². The number of aromatic nitrogens is 3. The van der Waals surface area contributed by atoms with Crippen molar-refractivity contribution in [2.75, 3.05) is 24.8 Å². The molecule has 2 heterocycles. The summed E-state index contributed by atoms with van der Waals surface area (Å²) in [5.74, 6) is -0.279. The second kappa shape index (κ2) is 10.6. The quantitative estimate of drug-likeness (QED) is 0.363. The Balaban J connectivity index is 0.00000342. The van der Waals surface area contributed by atoms with Crippen molar-refractivity contribution in [2.24, 2.45) is 0 Å². The summed E-state index contributed by atoms with van der Waals surface area (Å²) in [7, 11) is -2.31. The molecule has 0 atom stereocenters. The molecule has 0 radical (unpaired) electrons. The summed E-state index contributed by atoms with van der Waals surface area (Å²) in [6.07, 6.45) is 1.49. The third kappa shape index (κ3) is 5.25. The number of rotatable bonds is 7. The van der Waals surface area contributed by atoms with Crippen LogP contribution in [0.2, 0.25) is 10.0 Å². The van der Waals surface area contributed by atoms with Crippen molar-refractivity contribution in [3.63, 3.8) is 0 Å². The third-order valence-electron chi connectivity index (χ3n) is 4.93. The summed E-state index contributed by atoms with van der Waals surface area (Å²) in [4.78, 5) is 27.1. The molecule has 2 aromatic heterocycles. The fourth-order valence-corrected chi connectivity index (χ4v) is 5.04. The molecule has 4 rings (SSSR count). The normalized spacial score (nSPS) is 11.2. The summed E-state index contributed by atoms with van der Waals surface area (Å²) in [6, 6.07) is 12.5. The van der Waals surface area contributed by atoms with Gasteiger partial charge in [-0.25, -0.2) is 13.4 Å². The van der Waals surface area contributed by atoms with Gasteiger partial charge in [0, 0.05) is 22.8 Å².